The van der Waals surface area contributed by atoms with Crippen LogP contribution >= 0.6 is 24.0 Å². The number of guanidine groups is 1. The van der Waals surface area contributed by atoms with Crippen molar-refractivity contribution in [1.29, 1.82) is 0 Å². The molecule has 156 valence electrons. The number of hydrogen-bond acceptors (Lipinski definition) is 3. The summed E-state index contributed by atoms with van der Waals surface area (Å²) in [7, 11) is 0. The van der Waals surface area contributed by atoms with Crippen molar-refractivity contribution >= 4 is 29.9 Å². The molecule has 0 spiro atoms. The van der Waals surface area contributed by atoms with E-state index in [1.165, 1.54) is 11.8 Å². The van der Waals surface area contributed by atoms with Crippen LogP contribution in [0.1, 0.15) is 34.6 Å². The summed E-state index contributed by atoms with van der Waals surface area (Å²) in [5, 5.41) is 3.27. The summed E-state index contributed by atoms with van der Waals surface area (Å²) in [5.41, 5.74) is 0. The lowest BCUT2D eigenvalue weighted by molar-refractivity contribution is -0.181. The molecule has 0 aromatic rings. The van der Waals surface area contributed by atoms with Crippen molar-refractivity contribution < 1.29 is 13.2 Å². The summed E-state index contributed by atoms with van der Waals surface area (Å²) in [6, 6.07) is -1.05. The van der Waals surface area contributed by atoms with Gasteiger partial charge < -0.3 is 10.2 Å². The maximum Gasteiger partial charge on any atom is 0.403 e. The van der Waals surface area contributed by atoms with Crippen LogP contribution in [0.15, 0.2) is 4.99 Å². The first-order valence-corrected chi connectivity index (χ1v) is 9.32. The van der Waals surface area contributed by atoms with Gasteiger partial charge in [-0.15, -0.1) is 24.0 Å². The Morgan fingerprint density at radius 2 is 1.62 bits per heavy atom. The zero-order chi connectivity index (χ0) is 19.0. The fourth-order valence-corrected chi connectivity index (χ4v) is 3.13. The number of rotatable bonds is 7. The maximum absolute atomic E-state index is 12.9. The van der Waals surface area contributed by atoms with Crippen molar-refractivity contribution in [1.82, 2.24) is 20.0 Å². The normalized spacial score (nSPS) is 19.3. The average Bonchev–Trinajstić information content (AvgIpc) is 2.58. The van der Waals surface area contributed by atoms with Crippen molar-refractivity contribution in [3.63, 3.8) is 0 Å². The Labute approximate surface area is 173 Å². The van der Waals surface area contributed by atoms with Crippen LogP contribution in [0.2, 0.25) is 0 Å². The third-order valence-electron chi connectivity index (χ3n) is 4.91. The van der Waals surface area contributed by atoms with E-state index in [1.54, 1.807) is 0 Å². The molecule has 26 heavy (non-hydrogen) atoms. The lowest BCUT2D eigenvalue weighted by Crippen LogP contribution is -2.56. The number of piperazine rings is 1. The highest BCUT2D eigenvalue weighted by Gasteiger charge is 2.41. The molecule has 1 saturated heterocycles. The number of aliphatic imine (C=N–C) groups is 1. The van der Waals surface area contributed by atoms with Gasteiger partial charge in [-0.25, -0.2) is 0 Å². The smallest absolute Gasteiger partial charge is 0.357 e. The Balaban J connectivity index is 0.00000625. The molecule has 0 aromatic carbocycles. The molecule has 0 amide bonds. The van der Waals surface area contributed by atoms with Crippen molar-refractivity contribution in [3.8, 4) is 0 Å². The van der Waals surface area contributed by atoms with Crippen molar-refractivity contribution in [2.75, 3.05) is 52.4 Å². The van der Waals surface area contributed by atoms with Gasteiger partial charge in [0.1, 0.15) is 6.04 Å². The highest BCUT2D eigenvalue weighted by Crippen LogP contribution is 2.25. The van der Waals surface area contributed by atoms with Gasteiger partial charge in [0.15, 0.2) is 5.96 Å². The van der Waals surface area contributed by atoms with Crippen molar-refractivity contribution in [2.24, 2.45) is 4.99 Å². The quantitative estimate of drug-likeness (QED) is 0.336. The van der Waals surface area contributed by atoms with Crippen LogP contribution < -0.4 is 5.32 Å². The van der Waals surface area contributed by atoms with Crippen molar-refractivity contribution in [2.45, 2.75) is 52.9 Å². The highest BCUT2D eigenvalue weighted by atomic mass is 127. The number of alkyl halides is 3. The molecule has 1 N–H and O–H groups in total. The average molecular weight is 493 g/mol. The van der Waals surface area contributed by atoms with Crippen LogP contribution in [-0.2, 0) is 0 Å². The van der Waals surface area contributed by atoms with E-state index in [4.69, 9.17) is 4.99 Å². The number of halogens is 4. The minimum Gasteiger partial charge on any atom is -0.357 e. The molecule has 0 aliphatic carbocycles. The summed E-state index contributed by atoms with van der Waals surface area (Å²) in [4.78, 5) is 10.6. The number of likely N-dealkylation sites (N-methyl/N-ethyl adjacent to an activating group) is 1. The van der Waals surface area contributed by atoms with E-state index in [0.29, 0.717) is 38.8 Å². The monoisotopic (exact) mass is 493 g/mol. The molecule has 1 aliphatic heterocycles. The molecule has 1 fully saturated rings. The molecule has 1 rings (SSSR count). The SMILES string of the molecule is CCNC(=NCC(C)N(CC)CC)N1CCN(C(C)C(F)(F)F)CC1.I. The molecule has 9 heteroatoms. The molecule has 1 aliphatic rings. The van der Waals surface area contributed by atoms with Gasteiger partial charge in [-0.1, -0.05) is 13.8 Å². The second-order valence-electron chi connectivity index (χ2n) is 6.51. The van der Waals surface area contributed by atoms with Gasteiger partial charge in [-0.3, -0.25) is 14.8 Å². The van der Waals surface area contributed by atoms with Crippen LogP contribution in [0.4, 0.5) is 13.2 Å². The zero-order valence-corrected chi connectivity index (χ0v) is 19.0. The minimum absolute atomic E-state index is 0. The summed E-state index contributed by atoms with van der Waals surface area (Å²) in [6.45, 7) is 15.0. The minimum atomic E-state index is -4.17. The molecule has 0 saturated carbocycles. The number of hydrogen-bond donors (Lipinski definition) is 1. The fraction of sp³-hybridized carbons (Fsp3) is 0.941. The molecule has 1 heterocycles. The molecule has 0 aromatic heterocycles. The van der Waals surface area contributed by atoms with E-state index >= 15 is 0 Å². The van der Waals surface area contributed by atoms with Crippen LogP contribution in [0.3, 0.4) is 0 Å². The van der Waals surface area contributed by atoms with Gasteiger partial charge in [-0.05, 0) is 33.9 Å². The molecule has 5 nitrogen and oxygen atoms in total. The summed E-state index contributed by atoms with van der Waals surface area (Å²) < 4.78 is 38.6. The first kappa shape index (κ1) is 25.7. The van der Waals surface area contributed by atoms with E-state index < -0.39 is 12.2 Å². The van der Waals surface area contributed by atoms with Crippen LogP contribution in [0.25, 0.3) is 0 Å². The number of nitrogens with zero attached hydrogens (tertiary/aromatic N) is 4. The zero-order valence-electron chi connectivity index (χ0n) is 16.6. The van der Waals surface area contributed by atoms with Crippen LogP contribution in [0.5, 0.6) is 0 Å². The Morgan fingerprint density at radius 1 is 1.08 bits per heavy atom. The van der Waals surface area contributed by atoms with E-state index in [0.717, 1.165) is 25.6 Å². The fourth-order valence-electron chi connectivity index (χ4n) is 3.13. The summed E-state index contributed by atoms with van der Waals surface area (Å²) in [5.74, 6) is 0.806. The summed E-state index contributed by atoms with van der Waals surface area (Å²) >= 11 is 0. The Bertz CT molecular complexity index is 408. The first-order chi connectivity index (χ1) is 11.7. The Kier molecular flexibility index (Phi) is 12.1. The van der Waals surface area contributed by atoms with Gasteiger partial charge >= 0.3 is 6.18 Å². The van der Waals surface area contributed by atoms with E-state index in [9.17, 15) is 13.2 Å². The summed E-state index contributed by atoms with van der Waals surface area (Å²) in [6.07, 6.45) is -4.17. The van der Waals surface area contributed by atoms with Gasteiger partial charge in [0, 0.05) is 38.8 Å². The van der Waals surface area contributed by atoms with E-state index in [2.05, 4.69) is 35.9 Å². The molecule has 2 atom stereocenters. The third-order valence-corrected chi connectivity index (χ3v) is 4.91. The molecular formula is C17H35F3IN5. The highest BCUT2D eigenvalue weighted by molar-refractivity contribution is 14.0. The Hall–Kier alpha value is -0.290. The predicted molar refractivity (Wildman–Crippen MR) is 112 cm³/mol. The van der Waals surface area contributed by atoms with Gasteiger partial charge in [0.25, 0.3) is 0 Å². The topological polar surface area (TPSA) is 34.1 Å². The van der Waals surface area contributed by atoms with Crippen LogP contribution in [-0.4, -0.2) is 91.3 Å². The predicted octanol–water partition coefficient (Wildman–Crippen LogP) is 2.87. The second kappa shape index (κ2) is 12.2. The van der Waals surface area contributed by atoms with Gasteiger partial charge in [-0.2, -0.15) is 13.2 Å². The van der Waals surface area contributed by atoms with Crippen molar-refractivity contribution in [3.05, 3.63) is 0 Å². The van der Waals surface area contributed by atoms with Crippen LogP contribution in [0, 0.1) is 0 Å². The van der Waals surface area contributed by atoms with Gasteiger partial charge in [0.2, 0.25) is 0 Å². The van der Waals surface area contributed by atoms with E-state index in [1.807, 2.05) is 6.92 Å². The maximum atomic E-state index is 12.9. The Morgan fingerprint density at radius 3 is 2.04 bits per heavy atom. The standard InChI is InChI=1S/C17H34F3N5.HI/c1-6-21-16(22-13-14(4)23(7-2)8-3)25-11-9-24(10-12-25)15(5)17(18,19)20;/h14-15H,6-13H2,1-5H3,(H,21,22);1H. The molecule has 2 unspecified atom stereocenters. The lowest BCUT2D eigenvalue weighted by Gasteiger charge is -2.39. The molecular weight excluding hydrogens is 458 g/mol. The lowest BCUT2D eigenvalue weighted by atomic mass is 10.2. The largest absolute Gasteiger partial charge is 0.403 e. The molecule has 0 bridgehead atoms. The second-order valence-corrected chi connectivity index (χ2v) is 6.51. The van der Waals surface area contributed by atoms with Gasteiger partial charge in [0.05, 0.1) is 6.54 Å². The first-order valence-electron chi connectivity index (χ1n) is 9.32. The third kappa shape index (κ3) is 7.75. The molecule has 0 radical (unpaired) electrons. The number of nitrogens with one attached hydrogen (secondary N) is 1. The van der Waals surface area contributed by atoms with E-state index in [-0.39, 0.29) is 24.0 Å².